The van der Waals surface area contributed by atoms with E-state index in [9.17, 15) is 9.90 Å². The molecule has 5 heteroatoms. The Balaban J connectivity index is 2.35. The van der Waals surface area contributed by atoms with Crippen LogP contribution in [0.2, 0.25) is 0 Å². The molecule has 0 aliphatic heterocycles. The number of aryl methyl sites for hydroxylation is 1. The second kappa shape index (κ2) is 4.20. The van der Waals surface area contributed by atoms with E-state index < -0.39 is 5.97 Å². The molecule has 5 nitrogen and oxygen atoms in total. The molecule has 0 atom stereocenters. The average molecular weight is 254 g/mol. The Bertz CT molecular complexity index is 763. The molecule has 0 saturated heterocycles. The summed E-state index contributed by atoms with van der Waals surface area (Å²) in [5.41, 5.74) is 1.13. The van der Waals surface area contributed by atoms with Crippen molar-refractivity contribution < 1.29 is 14.3 Å². The van der Waals surface area contributed by atoms with Gasteiger partial charge in [0.05, 0.1) is 5.39 Å². The Morgan fingerprint density at radius 2 is 2.00 bits per heavy atom. The van der Waals surface area contributed by atoms with Gasteiger partial charge in [-0.2, -0.15) is 0 Å². The predicted molar refractivity (Wildman–Crippen MR) is 68.9 cm³/mol. The first kappa shape index (κ1) is 11.4. The van der Waals surface area contributed by atoms with Crippen molar-refractivity contribution in [3.05, 3.63) is 48.1 Å². The van der Waals surface area contributed by atoms with E-state index in [1.807, 2.05) is 30.3 Å². The maximum absolute atomic E-state index is 11.2. The molecule has 0 amide bonds. The smallest absolute Gasteiger partial charge is 0.374 e. The van der Waals surface area contributed by atoms with Crippen LogP contribution < -0.4 is 0 Å². The van der Waals surface area contributed by atoms with Crippen LogP contribution in [0.25, 0.3) is 22.2 Å². The van der Waals surface area contributed by atoms with Gasteiger partial charge in [0, 0.05) is 11.8 Å². The zero-order valence-corrected chi connectivity index (χ0v) is 10.1. The highest BCUT2D eigenvalue weighted by molar-refractivity contribution is 6.04. The fourth-order valence-electron chi connectivity index (χ4n) is 1.96. The van der Waals surface area contributed by atoms with Gasteiger partial charge < -0.3 is 9.52 Å². The minimum Gasteiger partial charge on any atom is -0.475 e. The lowest BCUT2D eigenvalue weighted by molar-refractivity contribution is 0.0666. The van der Waals surface area contributed by atoms with Gasteiger partial charge in [-0.3, -0.25) is 0 Å². The molecule has 19 heavy (non-hydrogen) atoms. The maximum Gasteiger partial charge on any atom is 0.374 e. The largest absolute Gasteiger partial charge is 0.475 e. The highest BCUT2D eigenvalue weighted by atomic mass is 16.4. The Kier molecular flexibility index (Phi) is 2.52. The number of aromatic carboxylic acids is 1. The van der Waals surface area contributed by atoms with Gasteiger partial charge in [-0.1, -0.05) is 30.3 Å². The highest BCUT2D eigenvalue weighted by Crippen LogP contribution is 2.32. The van der Waals surface area contributed by atoms with E-state index >= 15 is 0 Å². The molecule has 2 aromatic heterocycles. The van der Waals surface area contributed by atoms with Gasteiger partial charge in [-0.05, 0) is 6.92 Å². The molecule has 1 N–H and O–H groups in total. The van der Waals surface area contributed by atoms with Crippen molar-refractivity contribution in [2.75, 3.05) is 0 Å². The summed E-state index contributed by atoms with van der Waals surface area (Å²) in [6, 6.07) is 9.30. The van der Waals surface area contributed by atoms with E-state index in [2.05, 4.69) is 9.97 Å². The topological polar surface area (TPSA) is 76.2 Å². The molecule has 2 heterocycles. The van der Waals surface area contributed by atoms with Gasteiger partial charge in [0.1, 0.15) is 17.1 Å². The number of aromatic nitrogens is 2. The molecule has 1 aromatic carbocycles. The standard InChI is InChI=1S/C14H10N2O3/c1-8-15-7-10-11(16-8)13(14(17)18)19-12(10)9-5-3-2-4-6-9/h2-7H,1H3,(H,17,18). The molecule has 0 radical (unpaired) electrons. The third-order valence-electron chi connectivity index (χ3n) is 2.80. The lowest BCUT2D eigenvalue weighted by Crippen LogP contribution is -1.96. The predicted octanol–water partition coefficient (Wildman–Crippen LogP) is 2.90. The molecule has 0 aliphatic rings. The number of benzene rings is 1. The summed E-state index contributed by atoms with van der Waals surface area (Å²) in [6.45, 7) is 1.71. The van der Waals surface area contributed by atoms with Crippen LogP contribution in [0.1, 0.15) is 16.4 Å². The van der Waals surface area contributed by atoms with E-state index in [4.69, 9.17) is 4.42 Å². The summed E-state index contributed by atoms with van der Waals surface area (Å²) in [4.78, 5) is 19.5. The van der Waals surface area contributed by atoms with E-state index in [1.165, 1.54) is 0 Å². The summed E-state index contributed by atoms with van der Waals surface area (Å²) in [6.07, 6.45) is 1.59. The lowest BCUT2D eigenvalue weighted by Gasteiger charge is -1.96. The van der Waals surface area contributed by atoms with Gasteiger partial charge in [0.2, 0.25) is 5.76 Å². The van der Waals surface area contributed by atoms with Crippen molar-refractivity contribution in [3.63, 3.8) is 0 Å². The van der Waals surface area contributed by atoms with Crippen molar-refractivity contribution in [2.24, 2.45) is 0 Å². The number of fused-ring (bicyclic) bond motifs is 1. The maximum atomic E-state index is 11.2. The monoisotopic (exact) mass is 254 g/mol. The van der Waals surface area contributed by atoms with Crippen LogP contribution in [-0.4, -0.2) is 21.0 Å². The number of carboxylic acids is 1. The SMILES string of the molecule is Cc1ncc2c(-c3ccccc3)oc(C(=O)O)c2n1. The second-order valence-electron chi connectivity index (χ2n) is 4.11. The van der Waals surface area contributed by atoms with Crippen molar-refractivity contribution in [2.45, 2.75) is 6.92 Å². The number of carboxylic acid groups (broad SMARTS) is 1. The van der Waals surface area contributed by atoms with Crippen LogP contribution in [-0.2, 0) is 0 Å². The molecule has 0 spiro atoms. The first-order chi connectivity index (χ1) is 9.16. The summed E-state index contributed by atoms with van der Waals surface area (Å²) >= 11 is 0. The first-order valence-electron chi connectivity index (χ1n) is 5.71. The van der Waals surface area contributed by atoms with Crippen LogP contribution in [0.3, 0.4) is 0 Å². The number of rotatable bonds is 2. The third-order valence-corrected chi connectivity index (χ3v) is 2.80. The second-order valence-corrected chi connectivity index (χ2v) is 4.11. The molecule has 3 rings (SSSR count). The van der Waals surface area contributed by atoms with Crippen LogP contribution in [0.4, 0.5) is 0 Å². The van der Waals surface area contributed by atoms with E-state index in [-0.39, 0.29) is 5.76 Å². The Labute approximate surface area is 108 Å². The van der Waals surface area contributed by atoms with Crippen molar-refractivity contribution in [3.8, 4) is 11.3 Å². The normalized spacial score (nSPS) is 10.8. The fraction of sp³-hybridized carbons (Fsp3) is 0.0714. The van der Waals surface area contributed by atoms with Gasteiger partial charge >= 0.3 is 5.97 Å². The number of nitrogens with zero attached hydrogens (tertiary/aromatic N) is 2. The minimum atomic E-state index is -1.13. The zero-order valence-electron chi connectivity index (χ0n) is 10.1. The molecule has 94 valence electrons. The zero-order chi connectivity index (χ0) is 13.4. The molecule has 0 saturated carbocycles. The number of hydrogen-bond acceptors (Lipinski definition) is 4. The summed E-state index contributed by atoms with van der Waals surface area (Å²) < 4.78 is 5.47. The molecule has 3 aromatic rings. The number of hydrogen-bond donors (Lipinski definition) is 1. The van der Waals surface area contributed by atoms with E-state index in [0.717, 1.165) is 5.56 Å². The number of carbonyl (C=O) groups is 1. The minimum absolute atomic E-state index is 0.153. The van der Waals surface area contributed by atoms with Crippen molar-refractivity contribution in [1.82, 2.24) is 9.97 Å². The molecular formula is C14H10N2O3. The van der Waals surface area contributed by atoms with E-state index in [0.29, 0.717) is 22.5 Å². The highest BCUT2D eigenvalue weighted by Gasteiger charge is 2.21. The molecular weight excluding hydrogens is 244 g/mol. The molecule has 0 bridgehead atoms. The summed E-state index contributed by atoms with van der Waals surface area (Å²) in [5, 5.41) is 9.79. The van der Waals surface area contributed by atoms with E-state index in [1.54, 1.807) is 13.1 Å². The van der Waals surface area contributed by atoms with Crippen LogP contribution in [0, 0.1) is 6.92 Å². The Morgan fingerprint density at radius 1 is 1.26 bits per heavy atom. The average Bonchev–Trinajstić information content (AvgIpc) is 2.78. The Morgan fingerprint density at radius 3 is 2.68 bits per heavy atom. The lowest BCUT2D eigenvalue weighted by atomic mass is 10.1. The van der Waals surface area contributed by atoms with Crippen LogP contribution in [0.5, 0.6) is 0 Å². The van der Waals surface area contributed by atoms with Crippen LogP contribution >= 0.6 is 0 Å². The van der Waals surface area contributed by atoms with Crippen LogP contribution in [0.15, 0.2) is 40.9 Å². The van der Waals surface area contributed by atoms with Crippen molar-refractivity contribution in [1.29, 1.82) is 0 Å². The fourth-order valence-corrected chi connectivity index (χ4v) is 1.96. The molecule has 0 fully saturated rings. The van der Waals surface area contributed by atoms with Gasteiger partial charge in [0.15, 0.2) is 0 Å². The van der Waals surface area contributed by atoms with Gasteiger partial charge in [-0.25, -0.2) is 14.8 Å². The number of furan rings is 1. The van der Waals surface area contributed by atoms with Crippen molar-refractivity contribution >= 4 is 16.9 Å². The summed E-state index contributed by atoms with van der Waals surface area (Å²) in [5.74, 6) is -0.298. The third kappa shape index (κ3) is 1.85. The quantitative estimate of drug-likeness (QED) is 0.760. The van der Waals surface area contributed by atoms with Gasteiger partial charge in [0.25, 0.3) is 0 Å². The molecule has 0 unspecified atom stereocenters. The Hall–Kier alpha value is -2.69. The first-order valence-corrected chi connectivity index (χ1v) is 5.71. The van der Waals surface area contributed by atoms with Gasteiger partial charge in [-0.15, -0.1) is 0 Å². The summed E-state index contributed by atoms with van der Waals surface area (Å²) in [7, 11) is 0. The molecule has 0 aliphatic carbocycles.